The normalized spacial score (nSPS) is 35.4. The van der Waals surface area contributed by atoms with Gasteiger partial charge in [-0.2, -0.15) is 0 Å². The molecule has 0 aliphatic carbocycles. The van der Waals surface area contributed by atoms with Crippen molar-refractivity contribution in [1.29, 1.82) is 0 Å². The van der Waals surface area contributed by atoms with Crippen molar-refractivity contribution in [3.63, 3.8) is 0 Å². The van der Waals surface area contributed by atoms with Crippen LogP contribution in [-0.4, -0.2) is 49.0 Å². The Balaban J connectivity index is 2.05. The van der Waals surface area contributed by atoms with Crippen molar-refractivity contribution in [2.75, 3.05) is 33.4 Å². The Morgan fingerprint density at radius 1 is 1.64 bits per heavy atom. The summed E-state index contributed by atoms with van der Waals surface area (Å²) in [5.41, 5.74) is 1.51. The molecule has 2 aliphatic rings. The molecule has 3 heteroatoms. The first-order valence-electron chi connectivity index (χ1n) is 5.33. The average molecular weight is 197 g/mol. The molecule has 2 aliphatic heterocycles. The standard InChI is InChI=1S/C11H19NO2/c1-14-6-3-10-7-11(9-13)4-2-5-12(11)8-10/h3,13H,2,4-9H2,1H3/b10-3+. The molecule has 2 rings (SSSR count). The van der Waals surface area contributed by atoms with E-state index in [9.17, 15) is 5.11 Å². The number of nitrogens with zero attached hydrogens (tertiary/aromatic N) is 1. The quantitative estimate of drug-likeness (QED) is 0.679. The Hall–Kier alpha value is -0.380. The Kier molecular flexibility index (Phi) is 2.91. The Morgan fingerprint density at radius 2 is 2.50 bits per heavy atom. The first-order chi connectivity index (χ1) is 6.80. The second-order valence-electron chi connectivity index (χ2n) is 4.40. The van der Waals surface area contributed by atoms with Gasteiger partial charge in [0, 0.05) is 19.2 Å². The van der Waals surface area contributed by atoms with Crippen LogP contribution >= 0.6 is 0 Å². The fourth-order valence-electron chi connectivity index (χ4n) is 2.74. The van der Waals surface area contributed by atoms with Gasteiger partial charge in [-0.05, 0) is 25.8 Å². The minimum atomic E-state index is 0.0829. The fourth-order valence-corrected chi connectivity index (χ4v) is 2.74. The van der Waals surface area contributed by atoms with Crippen molar-refractivity contribution in [2.24, 2.45) is 0 Å². The zero-order chi connectivity index (χ0) is 10.0. The first-order valence-corrected chi connectivity index (χ1v) is 5.33. The van der Waals surface area contributed by atoms with Gasteiger partial charge in [0.25, 0.3) is 0 Å². The van der Waals surface area contributed by atoms with E-state index in [1.165, 1.54) is 12.0 Å². The summed E-state index contributed by atoms with van der Waals surface area (Å²) >= 11 is 0. The van der Waals surface area contributed by atoms with Crippen LogP contribution in [0.5, 0.6) is 0 Å². The van der Waals surface area contributed by atoms with Crippen molar-refractivity contribution in [1.82, 2.24) is 4.90 Å². The van der Waals surface area contributed by atoms with Crippen molar-refractivity contribution in [2.45, 2.75) is 24.8 Å². The third-order valence-corrected chi connectivity index (χ3v) is 3.52. The molecule has 0 aromatic heterocycles. The molecule has 3 nitrogen and oxygen atoms in total. The molecule has 1 atom stereocenters. The molecular formula is C11H19NO2. The van der Waals surface area contributed by atoms with Gasteiger partial charge in [0.1, 0.15) is 0 Å². The Labute approximate surface area is 85.4 Å². The summed E-state index contributed by atoms with van der Waals surface area (Å²) in [6.07, 6.45) is 5.58. The lowest BCUT2D eigenvalue weighted by Crippen LogP contribution is -2.41. The fraction of sp³-hybridized carbons (Fsp3) is 0.818. The SMILES string of the molecule is COC/C=C1/CN2CCCC2(CO)C1. The number of rotatable bonds is 3. The molecule has 80 valence electrons. The number of hydrogen-bond acceptors (Lipinski definition) is 3. The molecule has 0 spiro atoms. The molecule has 0 amide bonds. The van der Waals surface area contributed by atoms with Gasteiger partial charge in [0.05, 0.1) is 13.2 Å². The predicted molar refractivity (Wildman–Crippen MR) is 55.2 cm³/mol. The Bertz CT molecular complexity index is 239. The predicted octanol–water partition coefficient (Wildman–Crippen LogP) is 0.790. The molecule has 0 aromatic carbocycles. The lowest BCUT2D eigenvalue weighted by molar-refractivity contribution is 0.1000. The highest BCUT2D eigenvalue weighted by Gasteiger charge is 2.45. The number of aliphatic hydroxyl groups excluding tert-OH is 1. The van der Waals surface area contributed by atoms with Gasteiger partial charge in [-0.15, -0.1) is 0 Å². The highest BCUT2D eigenvalue weighted by molar-refractivity contribution is 5.20. The molecule has 2 fully saturated rings. The summed E-state index contributed by atoms with van der Waals surface area (Å²) in [6.45, 7) is 3.18. The van der Waals surface area contributed by atoms with Crippen LogP contribution in [0.2, 0.25) is 0 Å². The van der Waals surface area contributed by atoms with Gasteiger partial charge in [-0.25, -0.2) is 0 Å². The monoisotopic (exact) mass is 197 g/mol. The lowest BCUT2D eigenvalue weighted by Gasteiger charge is -2.28. The van der Waals surface area contributed by atoms with Crippen molar-refractivity contribution < 1.29 is 9.84 Å². The van der Waals surface area contributed by atoms with E-state index in [0.29, 0.717) is 13.2 Å². The van der Waals surface area contributed by atoms with E-state index in [2.05, 4.69) is 11.0 Å². The van der Waals surface area contributed by atoms with Crippen LogP contribution in [0, 0.1) is 0 Å². The molecule has 2 saturated heterocycles. The first kappa shape index (κ1) is 10.1. The minimum Gasteiger partial charge on any atom is -0.394 e. The highest BCUT2D eigenvalue weighted by atomic mass is 16.5. The summed E-state index contributed by atoms with van der Waals surface area (Å²) in [6, 6.07) is 0. The molecule has 2 heterocycles. The van der Waals surface area contributed by atoms with Crippen molar-refractivity contribution >= 4 is 0 Å². The van der Waals surface area contributed by atoms with Crippen molar-refractivity contribution in [3.05, 3.63) is 11.6 Å². The maximum atomic E-state index is 9.47. The third kappa shape index (κ3) is 1.60. The molecule has 14 heavy (non-hydrogen) atoms. The molecule has 0 bridgehead atoms. The Morgan fingerprint density at radius 3 is 3.14 bits per heavy atom. The second kappa shape index (κ2) is 4.01. The molecule has 1 N–H and O–H groups in total. The number of fused-ring (bicyclic) bond motifs is 1. The smallest absolute Gasteiger partial charge is 0.0646 e. The number of hydrogen-bond donors (Lipinski definition) is 1. The van der Waals surface area contributed by atoms with Crippen molar-refractivity contribution in [3.8, 4) is 0 Å². The van der Waals surface area contributed by atoms with E-state index in [1.807, 2.05) is 0 Å². The summed E-state index contributed by atoms with van der Waals surface area (Å²) in [5.74, 6) is 0. The van der Waals surface area contributed by atoms with Gasteiger partial charge in [-0.1, -0.05) is 11.6 Å². The summed E-state index contributed by atoms with van der Waals surface area (Å²) in [7, 11) is 1.72. The molecular weight excluding hydrogens is 178 g/mol. The summed E-state index contributed by atoms with van der Waals surface area (Å²) in [5, 5.41) is 9.47. The van der Waals surface area contributed by atoms with E-state index in [-0.39, 0.29) is 5.54 Å². The summed E-state index contributed by atoms with van der Waals surface area (Å²) in [4.78, 5) is 2.43. The van der Waals surface area contributed by atoms with Gasteiger partial charge >= 0.3 is 0 Å². The van der Waals surface area contributed by atoms with E-state index in [4.69, 9.17) is 4.74 Å². The number of aliphatic hydroxyl groups is 1. The van der Waals surface area contributed by atoms with E-state index in [1.54, 1.807) is 7.11 Å². The van der Waals surface area contributed by atoms with E-state index < -0.39 is 0 Å². The number of ether oxygens (including phenoxy) is 1. The van der Waals surface area contributed by atoms with Gasteiger partial charge in [0.15, 0.2) is 0 Å². The van der Waals surface area contributed by atoms with Gasteiger partial charge in [0.2, 0.25) is 0 Å². The maximum absolute atomic E-state index is 9.47. The van der Waals surface area contributed by atoms with Gasteiger partial charge in [-0.3, -0.25) is 4.90 Å². The van der Waals surface area contributed by atoms with Crippen LogP contribution in [0.15, 0.2) is 11.6 Å². The lowest BCUT2D eigenvalue weighted by atomic mass is 9.93. The van der Waals surface area contributed by atoms with Crippen LogP contribution in [0.1, 0.15) is 19.3 Å². The largest absolute Gasteiger partial charge is 0.394 e. The third-order valence-electron chi connectivity index (χ3n) is 3.52. The van der Waals surface area contributed by atoms with Gasteiger partial charge < -0.3 is 9.84 Å². The summed E-state index contributed by atoms with van der Waals surface area (Å²) < 4.78 is 5.04. The van der Waals surface area contributed by atoms with Crippen LogP contribution in [0.3, 0.4) is 0 Å². The zero-order valence-corrected chi connectivity index (χ0v) is 8.83. The maximum Gasteiger partial charge on any atom is 0.0646 e. The van der Waals surface area contributed by atoms with Crippen LogP contribution in [-0.2, 0) is 4.74 Å². The van der Waals surface area contributed by atoms with E-state index in [0.717, 1.165) is 25.9 Å². The molecule has 1 unspecified atom stereocenters. The topological polar surface area (TPSA) is 32.7 Å². The average Bonchev–Trinajstić information content (AvgIpc) is 2.70. The zero-order valence-electron chi connectivity index (χ0n) is 8.83. The number of methoxy groups -OCH3 is 1. The van der Waals surface area contributed by atoms with E-state index >= 15 is 0 Å². The molecule has 0 radical (unpaired) electrons. The van der Waals surface area contributed by atoms with Crippen LogP contribution in [0.25, 0.3) is 0 Å². The molecule has 0 aromatic rings. The highest BCUT2D eigenvalue weighted by Crippen LogP contribution is 2.40. The minimum absolute atomic E-state index is 0.0829. The van der Waals surface area contributed by atoms with Crippen LogP contribution in [0.4, 0.5) is 0 Å². The van der Waals surface area contributed by atoms with Crippen LogP contribution < -0.4 is 0 Å². The second-order valence-corrected chi connectivity index (χ2v) is 4.40. The molecule has 0 saturated carbocycles.